The van der Waals surface area contributed by atoms with Crippen LogP contribution in [0.3, 0.4) is 0 Å². The minimum Gasteiger partial charge on any atom is -0.508 e. The van der Waals surface area contributed by atoms with Crippen molar-refractivity contribution < 1.29 is 9.84 Å². The third-order valence-corrected chi connectivity index (χ3v) is 10.4. The van der Waals surface area contributed by atoms with Crippen molar-refractivity contribution in [3.63, 3.8) is 0 Å². The molecular formula is C33H38N6O2. The summed E-state index contributed by atoms with van der Waals surface area (Å²) in [6.45, 7) is 6.17. The predicted octanol–water partition coefficient (Wildman–Crippen LogP) is 4.32. The van der Waals surface area contributed by atoms with Gasteiger partial charge < -0.3 is 25.0 Å². The van der Waals surface area contributed by atoms with Gasteiger partial charge in [0, 0.05) is 66.5 Å². The predicted molar refractivity (Wildman–Crippen MR) is 160 cm³/mol. The minimum absolute atomic E-state index is 0.0884. The Morgan fingerprint density at radius 1 is 1.02 bits per heavy atom. The number of nitrogens with one attached hydrogen (secondary N) is 1. The maximum atomic E-state index is 10.6. The number of fused-ring (bicyclic) bond motifs is 5. The number of aromatic nitrogens is 1. The number of hydrogen-bond acceptors (Lipinski definition) is 8. The summed E-state index contributed by atoms with van der Waals surface area (Å²) >= 11 is 0. The number of pyridine rings is 1. The third kappa shape index (κ3) is 4.21. The highest BCUT2D eigenvalue weighted by molar-refractivity contribution is 5.95. The number of phenols is 1. The van der Waals surface area contributed by atoms with E-state index >= 15 is 0 Å². The molecule has 0 radical (unpaired) electrons. The van der Waals surface area contributed by atoms with Crippen molar-refractivity contribution in [1.82, 2.24) is 15.2 Å². The van der Waals surface area contributed by atoms with Gasteiger partial charge in [-0.25, -0.2) is 0 Å². The molecule has 1 aromatic heterocycles. The molecule has 0 spiro atoms. The van der Waals surface area contributed by atoms with Gasteiger partial charge in [0.15, 0.2) is 0 Å². The van der Waals surface area contributed by atoms with E-state index in [0.717, 1.165) is 79.8 Å². The van der Waals surface area contributed by atoms with Gasteiger partial charge in [-0.05, 0) is 69.5 Å². The lowest BCUT2D eigenvalue weighted by atomic mass is 9.94. The van der Waals surface area contributed by atoms with Crippen LogP contribution in [0.1, 0.15) is 55.2 Å². The van der Waals surface area contributed by atoms with Crippen molar-refractivity contribution >= 4 is 22.3 Å². The van der Waals surface area contributed by atoms with Gasteiger partial charge in [-0.2, -0.15) is 10.2 Å². The average Bonchev–Trinajstić information content (AvgIpc) is 3.68. The van der Waals surface area contributed by atoms with Crippen molar-refractivity contribution in [3.05, 3.63) is 53.1 Å². The van der Waals surface area contributed by atoms with E-state index < -0.39 is 0 Å². The summed E-state index contributed by atoms with van der Waals surface area (Å²) < 4.78 is 6.64. The third-order valence-electron chi connectivity index (χ3n) is 10.4. The number of nitriles is 1. The van der Waals surface area contributed by atoms with Crippen LogP contribution in [0.4, 0.5) is 11.5 Å². The monoisotopic (exact) mass is 550 g/mol. The van der Waals surface area contributed by atoms with E-state index in [1.54, 1.807) is 0 Å². The number of piperazine rings is 1. The summed E-state index contributed by atoms with van der Waals surface area (Å²) in [5.41, 5.74) is 3.89. The highest BCUT2D eigenvalue weighted by atomic mass is 16.5. The number of ether oxygens (including phenoxy) is 1. The van der Waals surface area contributed by atoms with Gasteiger partial charge in [-0.15, -0.1) is 0 Å². The van der Waals surface area contributed by atoms with Gasteiger partial charge in [0.2, 0.25) is 5.88 Å². The van der Waals surface area contributed by atoms with E-state index in [-0.39, 0.29) is 11.3 Å². The second kappa shape index (κ2) is 9.78. The van der Waals surface area contributed by atoms with Crippen molar-refractivity contribution in [3.8, 4) is 17.7 Å². The first-order chi connectivity index (χ1) is 20.1. The molecule has 0 saturated carbocycles. The molecule has 2 unspecified atom stereocenters. The van der Waals surface area contributed by atoms with Crippen LogP contribution in [-0.2, 0) is 13.0 Å². The fraction of sp³-hybridized carbons (Fsp3) is 0.515. The first-order valence-corrected chi connectivity index (χ1v) is 15.4. The Bertz CT molecular complexity index is 1530. The number of benzene rings is 2. The number of phenolic OH excluding ortho intramolecular Hbond substituents is 1. The Morgan fingerprint density at radius 2 is 1.80 bits per heavy atom. The summed E-state index contributed by atoms with van der Waals surface area (Å²) in [5, 5.41) is 27.0. The molecule has 0 amide bonds. The van der Waals surface area contributed by atoms with Gasteiger partial charge in [-0.3, -0.25) is 4.90 Å². The van der Waals surface area contributed by atoms with Crippen LogP contribution in [-0.4, -0.2) is 71.9 Å². The van der Waals surface area contributed by atoms with E-state index in [1.807, 2.05) is 30.3 Å². The fourth-order valence-electron chi connectivity index (χ4n) is 8.45. The molecular weight excluding hydrogens is 512 g/mol. The zero-order valence-electron chi connectivity index (χ0n) is 23.6. The number of rotatable bonds is 5. The molecule has 41 heavy (non-hydrogen) atoms. The van der Waals surface area contributed by atoms with Crippen LogP contribution in [0.5, 0.6) is 11.6 Å². The molecule has 5 aliphatic rings. The molecule has 2 atom stereocenters. The molecule has 4 fully saturated rings. The lowest BCUT2D eigenvalue weighted by Crippen LogP contribution is -2.52. The van der Waals surface area contributed by atoms with Gasteiger partial charge in [0.05, 0.1) is 5.54 Å². The zero-order valence-corrected chi connectivity index (χ0v) is 23.6. The summed E-state index contributed by atoms with van der Waals surface area (Å²) in [6, 6.07) is 15.4. The number of aromatic hydroxyl groups is 1. The molecule has 5 aliphatic heterocycles. The van der Waals surface area contributed by atoms with Crippen LogP contribution in [0, 0.1) is 11.3 Å². The number of anilines is 2. The van der Waals surface area contributed by atoms with Crippen LogP contribution in [0.25, 0.3) is 10.8 Å². The molecule has 8 nitrogen and oxygen atoms in total. The first kappa shape index (κ1) is 25.2. The molecule has 2 aromatic carbocycles. The standard InChI is InChI=1S/C33H38N6O2/c34-17-28-29-20-37(30-16-25(40)15-22-5-1-2-6-26(22)30)14-9-27(29)31(38-18-23-7-8-24(19-38)35-23)36-32(28)41-21-33-10-3-12-39(33)13-4-11-33/h1-2,5-6,15-16,23-24,35,40H,3-4,7-14,18-21H2. The highest BCUT2D eigenvalue weighted by Gasteiger charge is 2.45. The largest absolute Gasteiger partial charge is 0.508 e. The number of hydrogen-bond donors (Lipinski definition) is 2. The van der Waals surface area contributed by atoms with Crippen LogP contribution in [0.2, 0.25) is 0 Å². The Morgan fingerprint density at radius 3 is 2.59 bits per heavy atom. The first-order valence-electron chi connectivity index (χ1n) is 15.4. The quantitative estimate of drug-likeness (QED) is 0.486. The molecule has 8 heteroatoms. The van der Waals surface area contributed by atoms with E-state index in [1.165, 1.54) is 31.2 Å². The maximum Gasteiger partial charge on any atom is 0.234 e. The summed E-state index contributed by atoms with van der Waals surface area (Å²) in [6.07, 6.45) is 7.97. The van der Waals surface area contributed by atoms with Gasteiger partial charge >= 0.3 is 0 Å². The molecule has 0 aliphatic carbocycles. The normalized spacial score (nSPS) is 24.9. The van der Waals surface area contributed by atoms with E-state index in [0.29, 0.717) is 36.7 Å². The van der Waals surface area contributed by atoms with Gasteiger partial charge in [-0.1, -0.05) is 24.3 Å². The second-order valence-electron chi connectivity index (χ2n) is 12.8. The second-order valence-corrected chi connectivity index (χ2v) is 12.8. The Labute approximate surface area is 241 Å². The van der Waals surface area contributed by atoms with Crippen LogP contribution >= 0.6 is 0 Å². The topological polar surface area (TPSA) is 87.9 Å². The Balaban J connectivity index is 1.20. The van der Waals surface area contributed by atoms with Gasteiger partial charge in [0.1, 0.15) is 29.8 Å². The van der Waals surface area contributed by atoms with Crippen molar-refractivity contribution in [2.24, 2.45) is 0 Å². The molecule has 4 saturated heterocycles. The lowest BCUT2D eigenvalue weighted by Gasteiger charge is -2.39. The van der Waals surface area contributed by atoms with Crippen molar-refractivity contribution in [2.45, 2.75) is 69.1 Å². The summed E-state index contributed by atoms with van der Waals surface area (Å²) in [7, 11) is 0. The highest BCUT2D eigenvalue weighted by Crippen LogP contribution is 2.42. The minimum atomic E-state index is 0.0884. The molecule has 2 N–H and O–H groups in total. The van der Waals surface area contributed by atoms with E-state index in [9.17, 15) is 10.4 Å². The SMILES string of the molecule is N#Cc1c(OCC23CCCN2CCC3)nc(N2CC3CCC(C2)N3)c2c1CN(c1cc(O)cc3ccccc13)CC2. The summed E-state index contributed by atoms with van der Waals surface area (Å²) in [4.78, 5) is 12.6. The lowest BCUT2D eigenvalue weighted by molar-refractivity contribution is 0.110. The van der Waals surface area contributed by atoms with Crippen molar-refractivity contribution in [1.29, 1.82) is 5.26 Å². The smallest absolute Gasteiger partial charge is 0.234 e. The Hall–Kier alpha value is -3.54. The molecule has 212 valence electrons. The number of nitrogens with zero attached hydrogens (tertiary/aromatic N) is 5. The van der Waals surface area contributed by atoms with Crippen molar-refractivity contribution in [2.75, 3.05) is 49.1 Å². The van der Waals surface area contributed by atoms with E-state index in [2.05, 4.69) is 32.2 Å². The van der Waals surface area contributed by atoms with Gasteiger partial charge in [0.25, 0.3) is 0 Å². The Kier molecular flexibility index (Phi) is 6.01. The van der Waals surface area contributed by atoms with Crippen LogP contribution < -0.4 is 19.9 Å². The average molecular weight is 551 g/mol. The van der Waals surface area contributed by atoms with Crippen LogP contribution in [0.15, 0.2) is 36.4 Å². The molecule has 8 rings (SSSR count). The molecule has 3 aromatic rings. The van der Waals surface area contributed by atoms with E-state index in [4.69, 9.17) is 9.72 Å². The maximum absolute atomic E-state index is 10.6. The molecule has 6 heterocycles. The summed E-state index contributed by atoms with van der Waals surface area (Å²) in [5.74, 6) is 1.78. The fourth-order valence-corrected chi connectivity index (χ4v) is 8.45. The zero-order chi connectivity index (χ0) is 27.6. The molecule has 2 bridgehead atoms.